The van der Waals surface area contributed by atoms with Crippen molar-refractivity contribution >= 4 is 38.9 Å². The SMILES string of the molecule is C[C@H](C(=O)Nc1ccc(OC2CCCC2)cc1)N(c1cccc(Cl)c1)S(C)(=O)=O. The molecule has 8 heteroatoms. The summed E-state index contributed by atoms with van der Waals surface area (Å²) in [6.45, 7) is 1.54. The molecule has 1 fully saturated rings. The second-order valence-electron chi connectivity index (χ2n) is 7.25. The largest absolute Gasteiger partial charge is 0.490 e. The minimum Gasteiger partial charge on any atom is -0.490 e. The molecule has 1 atom stereocenters. The van der Waals surface area contributed by atoms with E-state index in [1.54, 1.807) is 30.3 Å². The molecule has 29 heavy (non-hydrogen) atoms. The first-order chi connectivity index (χ1) is 13.7. The zero-order valence-corrected chi connectivity index (χ0v) is 18.0. The van der Waals surface area contributed by atoms with Gasteiger partial charge in [0, 0.05) is 10.7 Å². The molecule has 6 nitrogen and oxygen atoms in total. The molecule has 2 aromatic rings. The molecule has 1 amide bonds. The number of rotatable bonds is 7. The monoisotopic (exact) mass is 436 g/mol. The molecule has 0 aromatic heterocycles. The number of anilines is 2. The summed E-state index contributed by atoms with van der Waals surface area (Å²) in [4.78, 5) is 12.7. The second-order valence-corrected chi connectivity index (χ2v) is 9.55. The van der Waals surface area contributed by atoms with Crippen molar-refractivity contribution in [1.82, 2.24) is 0 Å². The quantitative estimate of drug-likeness (QED) is 0.695. The molecule has 0 saturated heterocycles. The lowest BCUT2D eigenvalue weighted by Crippen LogP contribution is -2.45. The van der Waals surface area contributed by atoms with Gasteiger partial charge in [-0.1, -0.05) is 17.7 Å². The van der Waals surface area contributed by atoms with E-state index in [0.29, 0.717) is 16.4 Å². The van der Waals surface area contributed by atoms with Gasteiger partial charge < -0.3 is 10.1 Å². The number of carbonyl (C=O) groups excluding carboxylic acids is 1. The number of ether oxygens (including phenoxy) is 1. The summed E-state index contributed by atoms with van der Waals surface area (Å²) in [7, 11) is -3.70. The number of benzene rings is 2. The van der Waals surface area contributed by atoms with Crippen molar-refractivity contribution in [3.8, 4) is 5.75 Å². The fraction of sp³-hybridized carbons (Fsp3) is 0.381. The maximum Gasteiger partial charge on any atom is 0.247 e. The molecule has 3 rings (SSSR count). The predicted octanol–water partition coefficient (Wildman–Crippen LogP) is 4.45. The highest BCUT2D eigenvalue weighted by Gasteiger charge is 2.29. The fourth-order valence-corrected chi connectivity index (χ4v) is 4.84. The van der Waals surface area contributed by atoms with Gasteiger partial charge in [0.05, 0.1) is 18.0 Å². The van der Waals surface area contributed by atoms with Crippen LogP contribution < -0.4 is 14.4 Å². The molecule has 1 aliphatic carbocycles. The van der Waals surface area contributed by atoms with Crippen LogP contribution in [0.25, 0.3) is 0 Å². The second kappa shape index (κ2) is 9.05. The van der Waals surface area contributed by atoms with Crippen molar-refractivity contribution in [3.05, 3.63) is 53.6 Å². The Morgan fingerprint density at radius 3 is 2.41 bits per heavy atom. The number of hydrogen-bond acceptors (Lipinski definition) is 4. The normalized spacial score (nSPS) is 15.7. The van der Waals surface area contributed by atoms with Crippen LogP contribution in [-0.2, 0) is 14.8 Å². The Balaban J connectivity index is 1.71. The number of carbonyl (C=O) groups is 1. The van der Waals surface area contributed by atoms with Crippen molar-refractivity contribution in [3.63, 3.8) is 0 Å². The van der Waals surface area contributed by atoms with Crippen LogP contribution in [0.4, 0.5) is 11.4 Å². The Kier molecular flexibility index (Phi) is 6.70. The average Bonchev–Trinajstić information content (AvgIpc) is 3.15. The summed E-state index contributed by atoms with van der Waals surface area (Å²) in [5.74, 6) is 0.319. The third-order valence-corrected chi connectivity index (χ3v) is 6.35. The third-order valence-electron chi connectivity index (χ3n) is 4.88. The molecule has 0 spiro atoms. The molecule has 2 aromatic carbocycles. The zero-order chi connectivity index (χ0) is 21.0. The maximum atomic E-state index is 12.7. The van der Waals surface area contributed by atoms with Gasteiger partial charge in [-0.2, -0.15) is 0 Å². The smallest absolute Gasteiger partial charge is 0.247 e. The van der Waals surface area contributed by atoms with Gasteiger partial charge in [0.25, 0.3) is 0 Å². The van der Waals surface area contributed by atoms with E-state index in [-0.39, 0.29) is 6.10 Å². The Bertz CT molecular complexity index is 957. The third kappa shape index (κ3) is 5.64. The van der Waals surface area contributed by atoms with E-state index >= 15 is 0 Å². The summed E-state index contributed by atoms with van der Waals surface area (Å²) in [6.07, 6.45) is 5.85. The molecule has 1 aliphatic rings. The van der Waals surface area contributed by atoms with Gasteiger partial charge in [-0.3, -0.25) is 9.10 Å². The Hall–Kier alpha value is -2.25. The first-order valence-electron chi connectivity index (χ1n) is 9.56. The van der Waals surface area contributed by atoms with Crippen molar-refractivity contribution in [2.75, 3.05) is 15.9 Å². The number of halogens is 1. The molecule has 0 bridgehead atoms. The van der Waals surface area contributed by atoms with E-state index in [0.717, 1.165) is 29.2 Å². The maximum absolute atomic E-state index is 12.7. The Labute approximate surface area is 176 Å². The molecule has 0 heterocycles. The molecule has 156 valence electrons. The van der Waals surface area contributed by atoms with Gasteiger partial charge in [0.15, 0.2) is 0 Å². The lowest BCUT2D eigenvalue weighted by Gasteiger charge is -2.28. The summed E-state index contributed by atoms with van der Waals surface area (Å²) in [5.41, 5.74) is 0.906. The van der Waals surface area contributed by atoms with Crippen molar-refractivity contribution in [2.45, 2.75) is 44.8 Å². The minimum atomic E-state index is -3.70. The molecule has 1 N–H and O–H groups in total. The van der Waals surface area contributed by atoms with Crippen LogP contribution in [0.3, 0.4) is 0 Å². The average molecular weight is 437 g/mol. The van der Waals surface area contributed by atoms with E-state index in [1.807, 2.05) is 12.1 Å². The van der Waals surface area contributed by atoms with E-state index in [9.17, 15) is 13.2 Å². The highest BCUT2D eigenvalue weighted by atomic mass is 35.5. The number of hydrogen-bond donors (Lipinski definition) is 1. The molecule has 0 unspecified atom stereocenters. The zero-order valence-electron chi connectivity index (χ0n) is 16.5. The van der Waals surface area contributed by atoms with Gasteiger partial charge in [0.1, 0.15) is 11.8 Å². The van der Waals surface area contributed by atoms with Crippen molar-refractivity contribution in [2.24, 2.45) is 0 Å². The van der Waals surface area contributed by atoms with Gasteiger partial charge in [-0.05, 0) is 75.1 Å². The fourth-order valence-electron chi connectivity index (χ4n) is 3.48. The van der Waals surface area contributed by atoms with Crippen LogP contribution in [0.1, 0.15) is 32.6 Å². The number of amides is 1. The van der Waals surface area contributed by atoms with Crippen molar-refractivity contribution in [1.29, 1.82) is 0 Å². The Morgan fingerprint density at radius 2 is 1.83 bits per heavy atom. The highest BCUT2D eigenvalue weighted by Crippen LogP contribution is 2.26. The predicted molar refractivity (Wildman–Crippen MR) is 116 cm³/mol. The summed E-state index contributed by atoms with van der Waals surface area (Å²) >= 11 is 5.99. The van der Waals surface area contributed by atoms with E-state index < -0.39 is 22.0 Å². The van der Waals surface area contributed by atoms with Crippen LogP contribution >= 0.6 is 11.6 Å². The molecular weight excluding hydrogens is 412 g/mol. The van der Waals surface area contributed by atoms with Crippen LogP contribution in [-0.4, -0.2) is 32.7 Å². The van der Waals surface area contributed by atoms with E-state index in [1.165, 1.54) is 25.8 Å². The standard InChI is InChI=1S/C21H25ClN2O4S/c1-15(24(29(2,26)27)18-7-5-6-16(22)14-18)21(25)23-17-10-12-20(13-11-17)28-19-8-3-4-9-19/h5-7,10-15,19H,3-4,8-9H2,1-2H3,(H,23,25)/t15-/m1/s1. The highest BCUT2D eigenvalue weighted by molar-refractivity contribution is 7.92. The van der Waals surface area contributed by atoms with Crippen LogP contribution in [0.15, 0.2) is 48.5 Å². The first kappa shape index (κ1) is 21.5. The molecular formula is C21H25ClN2O4S. The lowest BCUT2D eigenvalue weighted by atomic mass is 10.2. The Morgan fingerprint density at radius 1 is 1.17 bits per heavy atom. The molecule has 0 aliphatic heterocycles. The van der Waals surface area contributed by atoms with Crippen molar-refractivity contribution < 1.29 is 17.9 Å². The molecule has 0 radical (unpaired) electrons. The molecule has 1 saturated carbocycles. The number of nitrogens with zero attached hydrogens (tertiary/aromatic N) is 1. The van der Waals surface area contributed by atoms with Crippen LogP contribution in [0.5, 0.6) is 5.75 Å². The number of nitrogens with one attached hydrogen (secondary N) is 1. The summed E-state index contributed by atoms with van der Waals surface area (Å²) in [6, 6.07) is 12.6. The minimum absolute atomic E-state index is 0.261. The van der Waals surface area contributed by atoms with Gasteiger partial charge in [-0.25, -0.2) is 8.42 Å². The number of sulfonamides is 1. The van der Waals surface area contributed by atoms with Crippen LogP contribution in [0, 0.1) is 0 Å². The van der Waals surface area contributed by atoms with E-state index in [2.05, 4.69) is 5.32 Å². The van der Waals surface area contributed by atoms with E-state index in [4.69, 9.17) is 16.3 Å². The van der Waals surface area contributed by atoms with Gasteiger partial charge in [0.2, 0.25) is 15.9 Å². The van der Waals surface area contributed by atoms with Gasteiger partial charge >= 0.3 is 0 Å². The lowest BCUT2D eigenvalue weighted by molar-refractivity contribution is -0.116. The van der Waals surface area contributed by atoms with Crippen LogP contribution in [0.2, 0.25) is 5.02 Å². The van der Waals surface area contributed by atoms with Gasteiger partial charge in [-0.15, -0.1) is 0 Å². The summed E-state index contributed by atoms with van der Waals surface area (Å²) in [5, 5.41) is 3.16. The summed E-state index contributed by atoms with van der Waals surface area (Å²) < 4.78 is 31.7. The first-order valence-corrected chi connectivity index (χ1v) is 11.8. The topological polar surface area (TPSA) is 75.7 Å².